The fourth-order valence-corrected chi connectivity index (χ4v) is 5.40. The van der Waals surface area contributed by atoms with Crippen molar-refractivity contribution >= 4 is 44.6 Å². The molecule has 8 nitrogen and oxygen atoms in total. The first kappa shape index (κ1) is 23.3. The van der Waals surface area contributed by atoms with Crippen LogP contribution in [0.15, 0.2) is 64.9 Å². The quantitative estimate of drug-likeness (QED) is 0.495. The fraction of sp³-hybridized carbons (Fsp3) is 0.182. The maximum Gasteiger partial charge on any atom is 0.337 e. The summed E-state index contributed by atoms with van der Waals surface area (Å²) in [4.78, 5) is 24.5. The minimum absolute atomic E-state index is 0.0290. The molecule has 32 heavy (non-hydrogen) atoms. The van der Waals surface area contributed by atoms with Gasteiger partial charge in [0.2, 0.25) is 0 Å². The Hall–Kier alpha value is -3.37. The Morgan fingerprint density at radius 3 is 2.56 bits per heavy atom. The summed E-state index contributed by atoms with van der Waals surface area (Å²) >= 11 is 1.01. The van der Waals surface area contributed by atoms with E-state index in [-0.39, 0.29) is 15.3 Å². The van der Waals surface area contributed by atoms with Gasteiger partial charge in [0.05, 0.1) is 25.0 Å². The van der Waals surface area contributed by atoms with Gasteiger partial charge in [-0.25, -0.2) is 13.2 Å². The Bertz CT molecular complexity index is 1240. The van der Waals surface area contributed by atoms with Crippen LogP contribution in [0.5, 0.6) is 5.75 Å². The highest BCUT2D eigenvalue weighted by atomic mass is 32.2. The highest BCUT2D eigenvalue weighted by molar-refractivity contribution is 7.93. The van der Waals surface area contributed by atoms with Crippen LogP contribution in [0.1, 0.15) is 27.0 Å². The minimum atomic E-state index is -4.02. The molecule has 3 rings (SSSR count). The number of carbonyl (C=O) groups is 2. The molecule has 0 spiro atoms. The topological polar surface area (TPSA) is 102 Å². The zero-order valence-corrected chi connectivity index (χ0v) is 19.3. The van der Waals surface area contributed by atoms with Crippen molar-refractivity contribution in [2.45, 2.75) is 11.8 Å². The average molecular weight is 475 g/mol. The number of nitrogens with one attached hydrogen (secondary N) is 1. The van der Waals surface area contributed by atoms with E-state index >= 15 is 0 Å². The summed E-state index contributed by atoms with van der Waals surface area (Å²) in [6.07, 6.45) is 0. The highest BCUT2D eigenvalue weighted by Crippen LogP contribution is 2.30. The molecule has 0 aliphatic rings. The largest absolute Gasteiger partial charge is 0.494 e. The van der Waals surface area contributed by atoms with Crippen molar-refractivity contribution in [3.8, 4) is 5.75 Å². The van der Waals surface area contributed by atoms with E-state index in [1.54, 1.807) is 42.5 Å². The number of carbonyl (C=O) groups excluding carboxylic acids is 2. The number of anilines is 2. The summed E-state index contributed by atoms with van der Waals surface area (Å²) in [5.41, 5.74) is 1.00. The molecule has 0 radical (unpaired) electrons. The second kappa shape index (κ2) is 9.84. The molecule has 168 valence electrons. The first-order chi connectivity index (χ1) is 15.3. The summed E-state index contributed by atoms with van der Waals surface area (Å²) < 4.78 is 37.8. The van der Waals surface area contributed by atoms with Gasteiger partial charge in [-0.05, 0) is 48.7 Å². The number of esters is 1. The molecule has 3 aromatic rings. The van der Waals surface area contributed by atoms with Crippen LogP contribution < -0.4 is 14.4 Å². The number of rotatable bonds is 8. The zero-order chi connectivity index (χ0) is 23.3. The number of ether oxygens (including phenoxy) is 2. The van der Waals surface area contributed by atoms with Crippen LogP contribution in [0, 0.1) is 0 Å². The third kappa shape index (κ3) is 4.92. The maximum absolute atomic E-state index is 13.3. The predicted octanol–water partition coefficient (Wildman–Crippen LogP) is 4.01. The van der Waals surface area contributed by atoms with Gasteiger partial charge in [-0.1, -0.05) is 12.1 Å². The second-order valence-electron chi connectivity index (χ2n) is 6.54. The van der Waals surface area contributed by atoms with Crippen LogP contribution in [0.4, 0.5) is 11.4 Å². The Morgan fingerprint density at radius 1 is 1.09 bits per heavy atom. The Morgan fingerprint density at radius 2 is 1.84 bits per heavy atom. The van der Waals surface area contributed by atoms with Gasteiger partial charge < -0.3 is 14.8 Å². The van der Waals surface area contributed by atoms with E-state index in [9.17, 15) is 18.0 Å². The molecule has 1 N–H and O–H groups in total. The molecular formula is C22H22N2O6S2. The maximum atomic E-state index is 13.3. The van der Waals surface area contributed by atoms with Crippen LogP contribution in [0.3, 0.4) is 0 Å². The molecule has 0 bridgehead atoms. The van der Waals surface area contributed by atoms with E-state index in [1.165, 1.54) is 31.7 Å². The molecule has 0 aliphatic carbocycles. The van der Waals surface area contributed by atoms with E-state index in [0.29, 0.717) is 23.7 Å². The SMILES string of the molecule is CCOc1cccc(N(C)S(=O)(=O)c2ccsc2C(=O)Nc2cccc(C(=O)OC)c2)c1. The van der Waals surface area contributed by atoms with Gasteiger partial charge in [0.1, 0.15) is 15.5 Å². The van der Waals surface area contributed by atoms with Crippen molar-refractivity contribution in [2.24, 2.45) is 0 Å². The molecule has 1 amide bonds. The van der Waals surface area contributed by atoms with Gasteiger partial charge in [-0.15, -0.1) is 11.3 Å². The first-order valence-corrected chi connectivity index (χ1v) is 11.9. The smallest absolute Gasteiger partial charge is 0.337 e. The Labute approximate surface area is 190 Å². The van der Waals surface area contributed by atoms with Gasteiger partial charge in [0.25, 0.3) is 15.9 Å². The van der Waals surface area contributed by atoms with Crippen molar-refractivity contribution in [1.29, 1.82) is 0 Å². The zero-order valence-electron chi connectivity index (χ0n) is 17.7. The highest BCUT2D eigenvalue weighted by Gasteiger charge is 2.28. The van der Waals surface area contributed by atoms with E-state index in [0.717, 1.165) is 15.6 Å². The Balaban J connectivity index is 1.87. The predicted molar refractivity (Wildman–Crippen MR) is 123 cm³/mol. The van der Waals surface area contributed by atoms with Crippen LogP contribution in [-0.4, -0.2) is 41.1 Å². The molecule has 1 heterocycles. The number of nitrogens with zero attached hydrogens (tertiary/aromatic N) is 1. The standard InChI is InChI=1S/C22H22N2O6S2/c1-4-30-18-10-6-9-17(14-18)24(2)32(27,28)19-11-12-31-20(19)21(25)23-16-8-5-7-15(13-16)22(26)29-3/h5-14H,4H2,1-3H3,(H,23,25). The van der Waals surface area contributed by atoms with E-state index < -0.39 is 21.9 Å². The van der Waals surface area contributed by atoms with E-state index in [2.05, 4.69) is 10.1 Å². The summed E-state index contributed by atoms with van der Waals surface area (Å²) in [6, 6.07) is 14.3. The third-order valence-electron chi connectivity index (χ3n) is 4.51. The molecule has 0 saturated heterocycles. The summed E-state index contributed by atoms with van der Waals surface area (Å²) in [5.74, 6) is -0.603. The van der Waals surface area contributed by atoms with Crippen molar-refractivity contribution in [3.05, 3.63) is 70.4 Å². The number of amides is 1. The fourth-order valence-electron chi connectivity index (χ4n) is 2.92. The molecule has 0 fully saturated rings. The molecule has 10 heteroatoms. The summed E-state index contributed by atoms with van der Waals surface area (Å²) in [5, 5.41) is 4.18. The van der Waals surface area contributed by atoms with Crippen molar-refractivity contribution in [3.63, 3.8) is 0 Å². The van der Waals surface area contributed by atoms with E-state index in [1.807, 2.05) is 6.92 Å². The number of hydrogen-bond acceptors (Lipinski definition) is 7. The van der Waals surface area contributed by atoms with Gasteiger partial charge in [-0.3, -0.25) is 9.10 Å². The monoisotopic (exact) mass is 474 g/mol. The molecule has 1 aromatic heterocycles. The lowest BCUT2D eigenvalue weighted by atomic mass is 10.2. The van der Waals surface area contributed by atoms with Gasteiger partial charge in [0, 0.05) is 18.8 Å². The lowest BCUT2D eigenvalue weighted by Gasteiger charge is -2.20. The third-order valence-corrected chi connectivity index (χ3v) is 7.38. The summed E-state index contributed by atoms with van der Waals surface area (Å²) in [6.45, 7) is 2.29. The first-order valence-electron chi connectivity index (χ1n) is 9.57. The summed E-state index contributed by atoms with van der Waals surface area (Å²) in [7, 11) is -1.34. The van der Waals surface area contributed by atoms with Crippen LogP contribution in [-0.2, 0) is 14.8 Å². The molecule has 0 atom stereocenters. The van der Waals surface area contributed by atoms with Crippen molar-refractivity contribution in [2.75, 3.05) is 30.4 Å². The normalized spacial score (nSPS) is 11.0. The van der Waals surface area contributed by atoms with Gasteiger partial charge in [0.15, 0.2) is 0 Å². The second-order valence-corrected chi connectivity index (χ2v) is 9.40. The van der Waals surface area contributed by atoms with Crippen LogP contribution in [0.2, 0.25) is 0 Å². The van der Waals surface area contributed by atoms with Crippen LogP contribution in [0.25, 0.3) is 0 Å². The number of methoxy groups -OCH3 is 1. The lowest BCUT2D eigenvalue weighted by molar-refractivity contribution is 0.0600. The lowest BCUT2D eigenvalue weighted by Crippen LogP contribution is -2.28. The number of thiophene rings is 1. The average Bonchev–Trinajstić information content (AvgIpc) is 3.30. The van der Waals surface area contributed by atoms with E-state index in [4.69, 9.17) is 4.74 Å². The number of sulfonamides is 1. The van der Waals surface area contributed by atoms with Crippen molar-refractivity contribution in [1.82, 2.24) is 0 Å². The molecule has 2 aromatic carbocycles. The molecule has 0 unspecified atom stereocenters. The van der Waals surface area contributed by atoms with Crippen LogP contribution >= 0.6 is 11.3 Å². The number of benzene rings is 2. The minimum Gasteiger partial charge on any atom is -0.494 e. The van der Waals surface area contributed by atoms with Gasteiger partial charge in [-0.2, -0.15) is 0 Å². The molecule has 0 saturated carbocycles. The van der Waals surface area contributed by atoms with Gasteiger partial charge >= 0.3 is 5.97 Å². The van der Waals surface area contributed by atoms with Crippen molar-refractivity contribution < 1.29 is 27.5 Å². The Kier molecular flexibility index (Phi) is 7.16. The number of hydrogen-bond donors (Lipinski definition) is 1. The molecular weight excluding hydrogens is 452 g/mol. The molecule has 0 aliphatic heterocycles.